The van der Waals surface area contributed by atoms with Crippen molar-refractivity contribution in [2.45, 2.75) is 13.0 Å². The number of rotatable bonds is 2. The number of hydrogen-bond donors (Lipinski definition) is 1. The fraction of sp³-hybridized carbons (Fsp3) is 0.167. The number of aliphatic hydroxyl groups excluding tert-OH is 1. The Morgan fingerprint density at radius 2 is 2.00 bits per heavy atom. The molecule has 0 saturated carbocycles. The Morgan fingerprint density at radius 3 is 2.59 bits per heavy atom. The summed E-state index contributed by atoms with van der Waals surface area (Å²) in [6.07, 6.45) is -0.701. The highest BCUT2D eigenvalue weighted by molar-refractivity contribution is 9.10. The van der Waals surface area contributed by atoms with E-state index in [0.29, 0.717) is 10.6 Å². The smallest absolute Gasteiger partial charge is 0.116 e. The van der Waals surface area contributed by atoms with E-state index < -0.39 is 6.10 Å². The molecule has 5 heteroatoms. The Bertz CT molecular complexity index is 553. The van der Waals surface area contributed by atoms with Gasteiger partial charge in [-0.2, -0.15) is 0 Å². The minimum atomic E-state index is -0.701. The van der Waals surface area contributed by atoms with Gasteiger partial charge in [-0.25, -0.2) is 0 Å². The molecule has 0 bridgehead atoms. The maximum atomic E-state index is 10.4. The molecule has 0 fully saturated rings. The number of halogens is 3. The van der Waals surface area contributed by atoms with Crippen LogP contribution in [0.2, 0.25) is 5.02 Å². The van der Waals surface area contributed by atoms with E-state index in [0.717, 1.165) is 18.7 Å². The van der Waals surface area contributed by atoms with Crippen molar-refractivity contribution in [1.82, 2.24) is 0 Å². The van der Waals surface area contributed by atoms with Crippen molar-refractivity contribution in [2.75, 3.05) is 0 Å². The molecule has 1 aromatic carbocycles. The molecule has 2 aromatic rings. The predicted octanol–water partition coefficient (Wildman–Crippen LogP) is 5.32. The number of aryl methyl sites for hydroxylation is 1. The summed E-state index contributed by atoms with van der Waals surface area (Å²) < 4.78 is 1.71. The van der Waals surface area contributed by atoms with Gasteiger partial charge in [0, 0.05) is 19.4 Å². The third-order valence-corrected chi connectivity index (χ3v) is 5.69. The number of hydrogen-bond acceptors (Lipinski definition) is 2. The van der Waals surface area contributed by atoms with E-state index in [1.807, 2.05) is 31.2 Å². The molecule has 0 spiro atoms. The standard InChI is InChI=1S/C12H9Br2ClOS/c1-6-5-9(14)12(17-6)11(16)7-3-2-4-8(13)10(7)15/h2-5,11,16H,1H3. The SMILES string of the molecule is Cc1cc(Br)c(C(O)c2cccc(Br)c2Cl)s1. The Kier molecular flexibility index (Phi) is 4.31. The third kappa shape index (κ3) is 2.76. The number of benzene rings is 1. The van der Waals surface area contributed by atoms with Crippen LogP contribution in [0.4, 0.5) is 0 Å². The van der Waals surface area contributed by atoms with E-state index in [1.54, 1.807) is 11.3 Å². The first-order valence-electron chi connectivity index (χ1n) is 4.88. The summed E-state index contributed by atoms with van der Waals surface area (Å²) in [7, 11) is 0. The van der Waals surface area contributed by atoms with Gasteiger partial charge in [-0.15, -0.1) is 11.3 Å². The molecule has 90 valence electrons. The highest BCUT2D eigenvalue weighted by Gasteiger charge is 2.19. The van der Waals surface area contributed by atoms with Crippen molar-refractivity contribution < 1.29 is 5.11 Å². The molecule has 1 atom stereocenters. The van der Waals surface area contributed by atoms with Crippen LogP contribution in [0.15, 0.2) is 33.2 Å². The van der Waals surface area contributed by atoms with E-state index in [9.17, 15) is 5.11 Å². The van der Waals surface area contributed by atoms with Crippen LogP contribution in [-0.4, -0.2) is 5.11 Å². The Morgan fingerprint density at radius 1 is 1.29 bits per heavy atom. The summed E-state index contributed by atoms with van der Waals surface area (Å²) in [4.78, 5) is 2.03. The summed E-state index contributed by atoms with van der Waals surface area (Å²) in [6.45, 7) is 2.01. The Labute approximate surface area is 126 Å². The highest BCUT2D eigenvalue weighted by Crippen LogP contribution is 2.39. The third-order valence-electron chi connectivity index (χ3n) is 2.36. The van der Waals surface area contributed by atoms with Crippen molar-refractivity contribution in [2.24, 2.45) is 0 Å². The molecule has 0 aliphatic heterocycles. The molecule has 17 heavy (non-hydrogen) atoms. The zero-order valence-electron chi connectivity index (χ0n) is 8.88. The first-order valence-corrected chi connectivity index (χ1v) is 7.66. The Balaban J connectivity index is 2.47. The minimum Gasteiger partial charge on any atom is -0.383 e. The van der Waals surface area contributed by atoms with Gasteiger partial charge in [0.15, 0.2) is 0 Å². The van der Waals surface area contributed by atoms with Gasteiger partial charge in [0.2, 0.25) is 0 Å². The summed E-state index contributed by atoms with van der Waals surface area (Å²) in [5.41, 5.74) is 0.712. The van der Waals surface area contributed by atoms with Crippen LogP contribution in [-0.2, 0) is 0 Å². The van der Waals surface area contributed by atoms with Crippen molar-refractivity contribution >= 4 is 54.8 Å². The molecule has 1 aromatic heterocycles. The van der Waals surface area contributed by atoms with Gasteiger partial charge in [-0.3, -0.25) is 0 Å². The Hall–Kier alpha value is 0.130. The van der Waals surface area contributed by atoms with Gasteiger partial charge in [0.05, 0.1) is 9.90 Å². The van der Waals surface area contributed by atoms with Gasteiger partial charge >= 0.3 is 0 Å². The lowest BCUT2D eigenvalue weighted by Crippen LogP contribution is -1.99. The lowest BCUT2D eigenvalue weighted by molar-refractivity contribution is 0.223. The van der Waals surface area contributed by atoms with Gasteiger partial charge in [-0.05, 0) is 50.9 Å². The maximum Gasteiger partial charge on any atom is 0.116 e. The molecule has 0 aliphatic carbocycles. The molecular weight excluding hydrogens is 387 g/mol. The van der Waals surface area contributed by atoms with Crippen LogP contribution < -0.4 is 0 Å². The number of thiophene rings is 1. The zero-order valence-corrected chi connectivity index (χ0v) is 13.6. The number of aliphatic hydroxyl groups is 1. The first kappa shape index (κ1) is 13.6. The maximum absolute atomic E-state index is 10.4. The predicted molar refractivity (Wildman–Crippen MR) is 80.0 cm³/mol. The fourth-order valence-corrected chi connectivity index (χ4v) is 4.04. The van der Waals surface area contributed by atoms with Crippen molar-refractivity contribution in [1.29, 1.82) is 0 Å². The average Bonchev–Trinajstić information content (AvgIpc) is 2.61. The molecule has 1 heterocycles. The van der Waals surface area contributed by atoms with E-state index in [4.69, 9.17) is 11.6 Å². The molecule has 1 N–H and O–H groups in total. The van der Waals surface area contributed by atoms with E-state index in [2.05, 4.69) is 31.9 Å². The lowest BCUT2D eigenvalue weighted by Gasteiger charge is -2.12. The topological polar surface area (TPSA) is 20.2 Å². The van der Waals surface area contributed by atoms with Gasteiger partial charge < -0.3 is 5.11 Å². The van der Waals surface area contributed by atoms with Crippen molar-refractivity contribution in [3.8, 4) is 0 Å². The average molecular weight is 397 g/mol. The largest absolute Gasteiger partial charge is 0.383 e. The van der Waals surface area contributed by atoms with Crippen LogP contribution in [0.3, 0.4) is 0 Å². The molecule has 0 saturated heterocycles. The molecule has 0 aliphatic rings. The van der Waals surface area contributed by atoms with Gasteiger partial charge in [0.1, 0.15) is 6.10 Å². The second-order valence-corrected chi connectivity index (χ2v) is 6.99. The van der Waals surface area contributed by atoms with Crippen LogP contribution in [0.5, 0.6) is 0 Å². The van der Waals surface area contributed by atoms with Crippen molar-refractivity contribution in [3.63, 3.8) is 0 Å². The van der Waals surface area contributed by atoms with Crippen molar-refractivity contribution in [3.05, 3.63) is 53.6 Å². The van der Waals surface area contributed by atoms with E-state index in [1.165, 1.54) is 0 Å². The molecular formula is C12H9Br2ClOS. The quantitative estimate of drug-likeness (QED) is 0.729. The van der Waals surface area contributed by atoms with Crippen LogP contribution in [0.25, 0.3) is 0 Å². The van der Waals surface area contributed by atoms with E-state index in [-0.39, 0.29) is 0 Å². The lowest BCUT2D eigenvalue weighted by atomic mass is 10.1. The zero-order chi connectivity index (χ0) is 12.6. The van der Waals surface area contributed by atoms with Crippen LogP contribution >= 0.6 is 54.8 Å². The fourth-order valence-electron chi connectivity index (χ4n) is 1.56. The molecule has 1 nitrogen and oxygen atoms in total. The molecule has 1 unspecified atom stereocenters. The van der Waals surface area contributed by atoms with E-state index >= 15 is 0 Å². The summed E-state index contributed by atoms with van der Waals surface area (Å²) in [5.74, 6) is 0. The molecule has 2 rings (SSSR count). The molecule has 0 amide bonds. The monoisotopic (exact) mass is 394 g/mol. The van der Waals surface area contributed by atoms with Crippen LogP contribution in [0.1, 0.15) is 21.4 Å². The molecule has 0 radical (unpaired) electrons. The summed E-state index contributed by atoms with van der Waals surface area (Å²) in [6, 6.07) is 7.55. The normalized spacial score (nSPS) is 12.8. The second kappa shape index (κ2) is 5.41. The second-order valence-electron chi connectivity index (χ2n) is 3.61. The summed E-state index contributed by atoms with van der Waals surface area (Å²) >= 11 is 14.6. The minimum absolute atomic E-state index is 0.554. The van der Waals surface area contributed by atoms with Gasteiger partial charge in [0.25, 0.3) is 0 Å². The first-order chi connectivity index (χ1) is 8.00. The highest BCUT2D eigenvalue weighted by atomic mass is 79.9. The van der Waals surface area contributed by atoms with Crippen LogP contribution in [0, 0.1) is 6.92 Å². The van der Waals surface area contributed by atoms with Gasteiger partial charge in [-0.1, -0.05) is 23.7 Å². The summed E-state index contributed by atoms with van der Waals surface area (Å²) in [5, 5.41) is 10.9.